The fourth-order valence-corrected chi connectivity index (χ4v) is 5.22. The number of aliphatic hydroxyl groups is 1. The number of para-hydroxylation sites is 2. The molecule has 9 nitrogen and oxygen atoms in total. The van der Waals surface area contributed by atoms with Crippen LogP contribution in [0.25, 0.3) is 0 Å². The van der Waals surface area contributed by atoms with Crippen LogP contribution in [-0.4, -0.2) is 89.0 Å². The molecule has 3 aliphatic heterocycles. The molecule has 2 saturated heterocycles. The monoisotopic (exact) mass is 495 g/mol. The molecule has 3 heterocycles. The number of carbonyl (C=O) groups excluding carboxylic acids is 2. The smallest absolute Gasteiger partial charge is 0.258 e. The molecule has 0 unspecified atom stereocenters. The van der Waals surface area contributed by atoms with Gasteiger partial charge in [-0.2, -0.15) is 0 Å². The molecule has 0 aromatic heterocycles. The van der Waals surface area contributed by atoms with Gasteiger partial charge in [-0.3, -0.25) is 14.5 Å². The molecule has 3 aliphatic rings. The summed E-state index contributed by atoms with van der Waals surface area (Å²) in [7, 11) is 0. The minimum absolute atomic E-state index is 0.0821. The number of aliphatic hydroxyl groups excluding tert-OH is 1. The number of ether oxygens (including phenoxy) is 2. The van der Waals surface area contributed by atoms with E-state index in [-0.39, 0.29) is 30.2 Å². The summed E-state index contributed by atoms with van der Waals surface area (Å²) in [5, 5.41) is 23.6. The largest absolute Gasteiger partial charge is 0.508 e. The number of carbonyl (C=O) groups is 2. The maximum atomic E-state index is 13.7. The first-order valence-corrected chi connectivity index (χ1v) is 12.6. The third kappa shape index (κ3) is 5.33. The van der Waals surface area contributed by atoms with E-state index in [0.717, 1.165) is 5.56 Å². The number of hydrogen-bond donors (Lipinski definition) is 3. The molecule has 2 bridgehead atoms. The van der Waals surface area contributed by atoms with E-state index in [1.165, 1.54) is 0 Å². The average molecular weight is 496 g/mol. The van der Waals surface area contributed by atoms with Crippen molar-refractivity contribution < 1.29 is 29.3 Å². The minimum atomic E-state index is -0.746. The first-order valence-electron chi connectivity index (χ1n) is 12.6. The van der Waals surface area contributed by atoms with Gasteiger partial charge in [0.2, 0.25) is 5.91 Å². The molecule has 3 N–H and O–H groups in total. The standard InChI is InChI=1S/C27H33N3O6/c31-22-7-3-1-5-18(22)16-29-12-13-30-21(17-29)26(33)28-15-25-23(32)10-9-19(36-25)11-14-35-24-8-4-2-6-20(24)27(30)34/h1-8,19,21,23,25,31-32H,9-17H2,(H,28,33)/t19-,21-,23-,25+/m0/s1. The lowest BCUT2D eigenvalue weighted by atomic mass is 9.99. The Hall–Kier alpha value is -3.14. The quantitative estimate of drug-likeness (QED) is 0.579. The normalized spacial score (nSPS) is 27.8. The third-order valence-corrected chi connectivity index (χ3v) is 7.29. The minimum Gasteiger partial charge on any atom is -0.508 e. The Morgan fingerprint density at radius 1 is 1.00 bits per heavy atom. The van der Waals surface area contributed by atoms with Gasteiger partial charge in [-0.05, 0) is 31.0 Å². The van der Waals surface area contributed by atoms with Crippen LogP contribution >= 0.6 is 0 Å². The van der Waals surface area contributed by atoms with E-state index in [4.69, 9.17) is 9.47 Å². The number of phenols is 1. The summed E-state index contributed by atoms with van der Waals surface area (Å²) in [6.45, 7) is 2.24. The van der Waals surface area contributed by atoms with Gasteiger partial charge in [0.05, 0.1) is 24.4 Å². The number of benzene rings is 2. The van der Waals surface area contributed by atoms with E-state index >= 15 is 0 Å². The lowest BCUT2D eigenvalue weighted by Crippen LogP contribution is -2.61. The molecule has 5 rings (SSSR count). The predicted octanol–water partition coefficient (Wildman–Crippen LogP) is 1.53. The van der Waals surface area contributed by atoms with Gasteiger partial charge in [-0.15, -0.1) is 0 Å². The molecule has 2 fully saturated rings. The molecular formula is C27H33N3O6. The van der Waals surface area contributed by atoms with Crippen LogP contribution in [0.1, 0.15) is 35.2 Å². The molecule has 0 saturated carbocycles. The molecule has 0 spiro atoms. The van der Waals surface area contributed by atoms with Crippen molar-refractivity contribution >= 4 is 11.8 Å². The van der Waals surface area contributed by atoms with Gasteiger partial charge in [0.1, 0.15) is 23.6 Å². The number of nitrogens with one attached hydrogen (secondary N) is 1. The van der Waals surface area contributed by atoms with Crippen molar-refractivity contribution in [2.45, 2.75) is 50.2 Å². The number of amides is 2. The van der Waals surface area contributed by atoms with E-state index in [1.54, 1.807) is 35.2 Å². The molecule has 2 amide bonds. The van der Waals surface area contributed by atoms with E-state index < -0.39 is 18.2 Å². The van der Waals surface area contributed by atoms with Crippen LogP contribution in [0.3, 0.4) is 0 Å². The number of hydrogen-bond acceptors (Lipinski definition) is 7. The van der Waals surface area contributed by atoms with Crippen molar-refractivity contribution in [1.82, 2.24) is 15.1 Å². The summed E-state index contributed by atoms with van der Waals surface area (Å²) in [4.78, 5) is 30.8. The molecule has 192 valence electrons. The molecule has 9 heteroatoms. The number of rotatable bonds is 2. The summed E-state index contributed by atoms with van der Waals surface area (Å²) < 4.78 is 12.1. The molecule has 36 heavy (non-hydrogen) atoms. The summed E-state index contributed by atoms with van der Waals surface area (Å²) in [6, 6.07) is 13.5. The lowest BCUT2D eigenvalue weighted by molar-refractivity contribution is -0.135. The van der Waals surface area contributed by atoms with Crippen LogP contribution in [0.4, 0.5) is 0 Å². The van der Waals surface area contributed by atoms with Gasteiger partial charge in [0.25, 0.3) is 5.91 Å². The molecule has 0 aliphatic carbocycles. The second-order valence-corrected chi connectivity index (χ2v) is 9.70. The molecule has 2 aromatic rings. The van der Waals surface area contributed by atoms with Crippen LogP contribution < -0.4 is 10.1 Å². The van der Waals surface area contributed by atoms with Gasteiger partial charge < -0.3 is 29.9 Å². The van der Waals surface area contributed by atoms with Gasteiger partial charge in [-0.25, -0.2) is 0 Å². The van der Waals surface area contributed by atoms with Crippen molar-refractivity contribution in [3.05, 3.63) is 59.7 Å². The number of aromatic hydroxyl groups is 1. The highest BCUT2D eigenvalue weighted by atomic mass is 16.5. The Balaban J connectivity index is 1.42. The summed E-state index contributed by atoms with van der Waals surface area (Å²) >= 11 is 0. The Labute approximate surface area is 210 Å². The van der Waals surface area contributed by atoms with Crippen molar-refractivity contribution in [1.29, 1.82) is 0 Å². The van der Waals surface area contributed by atoms with E-state index in [0.29, 0.717) is 63.4 Å². The van der Waals surface area contributed by atoms with Gasteiger partial charge in [0, 0.05) is 44.7 Å². The van der Waals surface area contributed by atoms with E-state index in [1.807, 2.05) is 18.2 Å². The zero-order valence-electron chi connectivity index (χ0n) is 20.2. The molecular weight excluding hydrogens is 462 g/mol. The number of fused-ring (bicyclic) bond motifs is 4. The van der Waals surface area contributed by atoms with E-state index in [2.05, 4.69) is 10.2 Å². The van der Waals surface area contributed by atoms with Crippen molar-refractivity contribution in [2.75, 3.05) is 32.8 Å². The van der Waals surface area contributed by atoms with Crippen LogP contribution in [0.15, 0.2) is 48.5 Å². The van der Waals surface area contributed by atoms with E-state index in [9.17, 15) is 19.8 Å². The highest BCUT2D eigenvalue weighted by Crippen LogP contribution is 2.27. The average Bonchev–Trinajstić information content (AvgIpc) is 2.89. The summed E-state index contributed by atoms with van der Waals surface area (Å²) in [5.41, 5.74) is 1.20. The first kappa shape index (κ1) is 24.5. The highest BCUT2D eigenvalue weighted by molar-refractivity contribution is 6.00. The molecule has 0 radical (unpaired) electrons. The summed E-state index contributed by atoms with van der Waals surface area (Å²) in [6.07, 6.45) is 0.706. The SMILES string of the molecule is O=C1NC[C@H]2O[C@H](CCOc3ccccc3C(=O)N3CCN(Cc4ccccc4O)C[C@@H]13)CC[C@@H]2O. The lowest BCUT2D eigenvalue weighted by Gasteiger charge is -2.41. The van der Waals surface area contributed by atoms with Gasteiger partial charge in [-0.1, -0.05) is 30.3 Å². The second-order valence-electron chi connectivity index (χ2n) is 9.70. The topological polar surface area (TPSA) is 112 Å². The number of phenolic OH excluding ortho intramolecular Hbond substituents is 1. The fraction of sp³-hybridized carbons (Fsp3) is 0.481. The third-order valence-electron chi connectivity index (χ3n) is 7.29. The van der Waals surface area contributed by atoms with Gasteiger partial charge in [0.15, 0.2) is 0 Å². The van der Waals surface area contributed by atoms with Crippen LogP contribution in [0, 0.1) is 0 Å². The predicted molar refractivity (Wildman–Crippen MR) is 132 cm³/mol. The molecule has 4 atom stereocenters. The zero-order chi connectivity index (χ0) is 25.1. The van der Waals surface area contributed by atoms with Crippen molar-refractivity contribution in [3.63, 3.8) is 0 Å². The first-order chi connectivity index (χ1) is 17.5. The van der Waals surface area contributed by atoms with Crippen LogP contribution in [-0.2, 0) is 16.1 Å². The Morgan fingerprint density at radius 2 is 1.81 bits per heavy atom. The maximum absolute atomic E-state index is 13.7. The number of nitrogens with zero attached hydrogens (tertiary/aromatic N) is 2. The van der Waals surface area contributed by atoms with Crippen LogP contribution in [0.5, 0.6) is 11.5 Å². The maximum Gasteiger partial charge on any atom is 0.258 e. The Kier molecular flexibility index (Phi) is 7.41. The number of piperazine rings is 1. The molecule has 2 aromatic carbocycles. The fourth-order valence-electron chi connectivity index (χ4n) is 5.22. The Bertz CT molecular complexity index is 1090. The Morgan fingerprint density at radius 3 is 2.67 bits per heavy atom. The van der Waals surface area contributed by atoms with Crippen LogP contribution in [0.2, 0.25) is 0 Å². The zero-order valence-corrected chi connectivity index (χ0v) is 20.2. The summed E-state index contributed by atoms with van der Waals surface area (Å²) in [5.74, 6) is 0.151. The van der Waals surface area contributed by atoms with Crippen molar-refractivity contribution in [2.24, 2.45) is 0 Å². The van der Waals surface area contributed by atoms with Gasteiger partial charge >= 0.3 is 0 Å². The highest BCUT2D eigenvalue weighted by Gasteiger charge is 2.38. The van der Waals surface area contributed by atoms with Crippen molar-refractivity contribution in [3.8, 4) is 11.5 Å². The second kappa shape index (κ2) is 10.9.